The lowest BCUT2D eigenvalue weighted by molar-refractivity contribution is -0.130. The number of aryl methyl sites for hydroxylation is 3. The van der Waals surface area contributed by atoms with Crippen LogP contribution in [0.4, 0.5) is 0 Å². The summed E-state index contributed by atoms with van der Waals surface area (Å²) in [4.78, 5) is 15.9. The maximum atomic E-state index is 11.4. The van der Waals surface area contributed by atoms with Crippen molar-refractivity contribution < 1.29 is 4.79 Å². The lowest BCUT2D eigenvalue weighted by atomic mass is 10.1. The molecule has 0 fully saturated rings. The second-order valence-electron chi connectivity index (χ2n) is 4.55. The van der Waals surface area contributed by atoms with Gasteiger partial charge in [-0.05, 0) is 31.0 Å². The summed E-state index contributed by atoms with van der Waals surface area (Å²) >= 11 is 0. The van der Waals surface area contributed by atoms with Gasteiger partial charge in [0.2, 0.25) is 5.91 Å². The summed E-state index contributed by atoms with van der Waals surface area (Å²) < 4.78 is 2.05. The number of rotatable bonds is 3. The van der Waals surface area contributed by atoms with Crippen LogP contribution < -0.4 is 5.84 Å². The Morgan fingerprint density at radius 3 is 2.89 bits per heavy atom. The molecule has 1 amide bonds. The smallest absolute Gasteiger partial charge is 0.236 e. The number of benzene rings is 1. The molecule has 0 saturated heterocycles. The van der Waals surface area contributed by atoms with Crippen LogP contribution in [0.2, 0.25) is 0 Å². The number of imidazole rings is 1. The van der Waals surface area contributed by atoms with Crippen LogP contribution in [0.1, 0.15) is 17.8 Å². The first kappa shape index (κ1) is 12.6. The van der Waals surface area contributed by atoms with E-state index in [1.165, 1.54) is 0 Å². The highest BCUT2D eigenvalue weighted by Crippen LogP contribution is 2.17. The van der Waals surface area contributed by atoms with Gasteiger partial charge in [-0.15, -0.1) is 0 Å². The van der Waals surface area contributed by atoms with Gasteiger partial charge in [0.05, 0.1) is 11.0 Å². The van der Waals surface area contributed by atoms with Crippen molar-refractivity contribution in [2.24, 2.45) is 12.9 Å². The Morgan fingerprint density at radius 2 is 2.22 bits per heavy atom. The number of hydrazine groups is 1. The van der Waals surface area contributed by atoms with Gasteiger partial charge in [0.1, 0.15) is 5.82 Å². The Morgan fingerprint density at radius 1 is 1.50 bits per heavy atom. The second kappa shape index (κ2) is 4.78. The van der Waals surface area contributed by atoms with E-state index in [0.717, 1.165) is 27.4 Å². The summed E-state index contributed by atoms with van der Waals surface area (Å²) in [5, 5.41) is 1.13. The number of hydrogen-bond donors (Lipinski definition) is 1. The molecular weight excluding hydrogens is 228 g/mol. The van der Waals surface area contributed by atoms with Crippen molar-refractivity contribution in [2.45, 2.75) is 19.8 Å². The minimum absolute atomic E-state index is 0.0627. The number of carbonyl (C=O) groups excluding carboxylic acids is 1. The van der Waals surface area contributed by atoms with Crippen molar-refractivity contribution in [1.29, 1.82) is 0 Å². The molecule has 1 heterocycles. The second-order valence-corrected chi connectivity index (χ2v) is 4.55. The number of nitrogens with two attached hydrogens (primary N) is 1. The molecule has 0 aliphatic carbocycles. The fraction of sp³-hybridized carbons (Fsp3) is 0.385. The normalized spacial score (nSPS) is 10.9. The number of carbonyl (C=O) groups is 1. The maximum Gasteiger partial charge on any atom is 0.236 e. The summed E-state index contributed by atoms with van der Waals surface area (Å²) in [6.45, 7) is 1.98. The molecule has 96 valence electrons. The third-order valence-electron chi connectivity index (χ3n) is 3.19. The van der Waals surface area contributed by atoms with Crippen molar-refractivity contribution >= 4 is 16.9 Å². The SMILES string of the molecule is Cc1nc2cc(CCC(=O)N(C)N)ccc2n1C. The van der Waals surface area contributed by atoms with Gasteiger partial charge in [-0.3, -0.25) is 9.80 Å². The number of aromatic nitrogens is 2. The lowest BCUT2D eigenvalue weighted by Gasteiger charge is -2.09. The van der Waals surface area contributed by atoms with E-state index in [-0.39, 0.29) is 5.91 Å². The highest BCUT2D eigenvalue weighted by molar-refractivity contribution is 5.78. The molecule has 18 heavy (non-hydrogen) atoms. The summed E-state index contributed by atoms with van der Waals surface area (Å²) in [7, 11) is 3.56. The zero-order valence-electron chi connectivity index (χ0n) is 11.0. The van der Waals surface area contributed by atoms with Crippen LogP contribution >= 0.6 is 0 Å². The predicted molar refractivity (Wildman–Crippen MR) is 70.7 cm³/mol. The summed E-state index contributed by atoms with van der Waals surface area (Å²) in [5.74, 6) is 6.31. The van der Waals surface area contributed by atoms with Gasteiger partial charge in [0.15, 0.2) is 0 Å². The molecule has 2 rings (SSSR count). The van der Waals surface area contributed by atoms with Crippen molar-refractivity contribution in [1.82, 2.24) is 14.6 Å². The van der Waals surface area contributed by atoms with E-state index in [9.17, 15) is 4.79 Å². The van der Waals surface area contributed by atoms with Crippen molar-refractivity contribution in [3.8, 4) is 0 Å². The highest BCUT2D eigenvalue weighted by atomic mass is 16.2. The molecule has 1 aromatic heterocycles. The summed E-state index contributed by atoms with van der Waals surface area (Å²) in [6.07, 6.45) is 1.11. The molecule has 2 N–H and O–H groups in total. The number of amides is 1. The van der Waals surface area contributed by atoms with Crippen LogP contribution in [-0.2, 0) is 18.3 Å². The van der Waals surface area contributed by atoms with Crippen LogP contribution in [-0.4, -0.2) is 27.5 Å². The third kappa shape index (κ3) is 2.36. The van der Waals surface area contributed by atoms with Gasteiger partial charge in [-0.2, -0.15) is 0 Å². The Kier molecular flexibility index (Phi) is 3.34. The van der Waals surface area contributed by atoms with Crippen molar-refractivity contribution in [3.05, 3.63) is 29.6 Å². The minimum atomic E-state index is -0.0627. The summed E-state index contributed by atoms with van der Waals surface area (Å²) in [5.41, 5.74) is 3.19. The van der Waals surface area contributed by atoms with Gasteiger partial charge in [0.25, 0.3) is 0 Å². The number of nitrogens with zero attached hydrogens (tertiary/aromatic N) is 3. The molecule has 0 radical (unpaired) electrons. The molecular formula is C13H18N4O. The molecule has 1 aromatic carbocycles. The molecule has 0 bridgehead atoms. The topological polar surface area (TPSA) is 64.2 Å². The van der Waals surface area contributed by atoms with Gasteiger partial charge in [0, 0.05) is 20.5 Å². The molecule has 0 saturated carbocycles. The first-order chi connectivity index (χ1) is 8.49. The fourth-order valence-electron chi connectivity index (χ4n) is 1.95. The molecule has 0 aliphatic rings. The number of fused-ring (bicyclic) bond motifs is 1. The van der Waals surface area contributed by atoms with E-state index in [1.807, 2.05) is 32.2 Å². The molecule has 2 aromatic rings. The zero-order valence-corrected chi connectivity index (χ0v) is 11.0. The van der Waals surface area contributed by atoms with Gasteiger partial charge in [-0.25, -0.2) is 10.8 Å². The Balaban J connectivity index is 2.18. The highest BCUT2D eigenvalue weighted by Gasteiger charge is 2.07. The van der Waals surface area contributed by atoms with Crippen LogP contribution in [0.5, 0.6) is 0 Å². The Labute approximate surface area is 106 Å². The zero-order chi connectivity index (χ0) is 13.3. The average molecular weight is 246 g/mol. The predicted octanol–water partition coefficient (Wildman–Crippen LogP) is 1.15. The molecule has 0 aliphatic heterocycles. The van der Waals surface area contributed by atoms with E-state index >= 15 is 0 Å². The minimum Gasteiger partial charge on any atom is -0.331 e. The van der Waals surface area contributed by atoms with Crippen LogP contribution in [0.25, 0.3) is 11.0 Å². The first-order valence-electron chi connectivity index (χ1n) is 5.92. The van der Waals surface area contributed by atoms with E-state index in [1.54, 1.807) is 7.05 Å². The van der Waals surface area contributed by atoms with Crippen molar-refractivity contribution in [3.63, 3.8) is 0 Å². The van der Waals surface area contributed by atoms with Crippen LogP contribution in [0, 0.1) is 6.92 Å². The van der Waals surface area contributed by atoms with Crippen molar-refractivity contribution in [2.75, 3.05) is 7.05 Å². The number of hydrogen-bond acceptors (Lipinski definition) is 3. The largest absolute Gasteiger partial charge is 0.331 e. The first-order valence-corrected chi connectivity index (χ1v) is 5.92. The molecule has 5 heteroatoms. The van der Waals surface area contributed by atoms with Crippen LogP contribution in [0.3, 0.4) is 0 Å². The molecule has 0 unspecified atom stereocenters. The standard InChI is InChI=1S/C13H18N4O/c1-9-15-11-8-10(4-6-12(11)16(9)2)5-7-13(18)17(3)14/h4,6,8H,5,7,14H2,1-3H3. The van der Waals surface area contributed by atoms with Gasteiger partial charge < -0.3 is 4.57 Å². The van der Waals surface area contributed by atoms with Gasteiger partial charge >= 0.3 is 0 Å². The van der Waals surface area contributed by atoms with Gasteiger partial charge in [-0.1, -0.05) is 6.07 Å². The molecule has 5 nitrogen and oxygen atoms in total. The molecule has 0 spiro atoms. The van der Waals surface area contributed by atoms with Crippen LogP contribution in [0.15, 0.2) is 18.2 Å². The van der Waals surface area contributed by atoms with E-state index in [2.05, 4.69) is 9.55 Å². The van der Waals surface area contributed by atoms with E-state index < -0.39 is 0 Å². The Bertz CT molecular complexity index is 586. The monoisotopic (exact) mass is 246 g/mol. The summed E-state index contributed by atoms with van der Waals surface area (Å²) in [6, 6.07) is 6.11. The third-order valence-corrected chi connectivity index (χ3v) is 3.19. The molecule has 0 atom stereocenters. The maximum absolute atomic E-state index is 11.4. The fourth-order valence-corrected chi connectivity index (χ4v) is 1.95. The van der Waals surface area contributed by atoms with E-state index in [4.69, 9.17) is 5.84 Å². The quantitative estimate of drug-likeness (QED) is 0.502. The Hall–Kier alpha value is -1.88. The van der Waals surface area contributed by atoms with E-state index in [0.29, 0.717) is 12.8 Å². The lowest BCUT2D eigenvalue weighted by Crippen LogP contribution is -2.33. The average Bonchev–Trinajstić information content (AvgIpc) is 2.61.